The van der Waals surface area contributed by atoms with Gasteiger partial charge >= 0.3 is 0 Å². The molecule has 6 nitrogen and oxygen atoms in total. The van der Waals surface area contributed by atoms with Crippen molar-refractivity contribution in [3.8, 4) is 6.07 Å². The molecule has 0 radical (unpaired) electrons. The minimum atomic E-state index is -0.0376. The van der Waals surface area contributed by atoms with Crippen LogP contribution in [0.4, 0.5) is 5.95 Å². The standard InChI is InChI=1S/C20H23N5O/c1-15(12-17-6-4-3-5-7-17)19(26)24-8-10-25(11-9-24)20-22-16(2)13-18(14-21)23-20/h3-7,13,15H,8-12H2,1-2H3. The molecule has 2 heterocycles. The van der Waals surface area contributed by atoms with Crippen LogP contribution in [0, 0.1) is 24.2 Å². The Kier molecular flexibility index (Phi) is 5.47. The first-order valence-electron chi connectivity index (χ1n) is 8.90. The van der Waals surface area contributed by atoms with E-state index in [0.717, 1.165) is 12.1 Å². The minimum absolute atomic E-state index is 0.0376. The first kappa shape index (κ1) is 17.9. The van der Waals surface area contributed by atoms with Crippen molar-refractivity contribution in [1.29, 1.82) is 5.26 Å². The molecule has 1 aromatic carbocycles. The number of benzene rings is 1. The van der Waals surface area contributed by atoms with Crippen LogP contribution in [0.25, 0.3) is 0 Å². The molecule has 0 N–H and O–H groups in total. The highest BCUT2D eigenvalue weighted by molar-refractivity contribution is 5.79. The topological polar surface area (TPSA) is 73.1 Å². The Hall–Kier alpha value is -2.94. The fourth-order valence-corrected chi connectivity index (χ4v) is 3.25. The summed E-state index contributed by atoms with van der Waals surface area (Å²) < 4.78 is 0. The van der Waals surface area contributed by atoms with Gasteiger partial charge in [-0.1, -0.05) is 37.3 Å². The van der Waals surface area contributed by atoms with Crippen molar-refractivity contribution in [2.75, 3.05) is 31.1 Å². The maximum Gasteiger partial charge on any atom is 0.226 e. The van der Waals surface area contributed by atoms with Crippen molar-refractivity contribution in [3.63, 3.8) is 0 Å². The minimum Gasteiger partial charge on any atom is -0.339 e. The summed E-state index contributed by atoms with van der Waals surface area (Å²) in [5, 5.41) is 9.07. The van der Waals surface area contributed by atoms with Crippen molar-refractivity contribution in [3.05, 3.63) is 53.3 Å². The van der Waals surface area contributed by atoms with Gasteiger partial charge in [0.1, 0.15) is 11.8 Å². The van der Waals surface area contributed by atoms with Crippen molar-refractivity contribution in [1.82, 2.24) is 14.9 Å². The van der Waals surface area contributed by atoms with Crippen LogP contribution in [0.2, 0.25) is 0 Å². The number of hydrogen-bond donors (Lipinski definition) is 0. The van der Waals surface area contributed by atoms with E-state index in [9.17, 15) is 4.79 Å². The number of amides is 1. The summed E-state index contributed by atoms with van der Waals surface area (Å²) in [6, 6.07) is 13.9. The number of hydrogen-bond acceptors (Lipinski definition) is 5. The molecule has 1 atom stereocenters. The predicted molar refractivity (Wildman–Crippen MR) is 99.6 cm³/mol. The largest absolute Gasteiger partial charge is 0.339 e. The third kappa shape index (κ3) is 4.17. The van der Waals surface area contributed by atoms with Crippen LogP contribution in [-0.2, 0) is 11.2 Å². The molecule has 1 saturated heterocycles. The Labute approximate surface area is 154 Å². The van der Waals surface area contributed by atoms with E-state index in [4.69, 9.17) is 5.26 Å². The summed E-state index contributed by atoms with van der Waals surface area (Å²) >= 11 is 0. The van der Waals surface area contributed by atoms with Gasteiger partial charge in [0.25, 0.3) is 0 Å². The Morgan fingerprint density at radius 3 is 2.54 bits per heavy atom. The number of nitriles is 1. The van der Waals surface area contributed by atoms with Gasteiger partial charge in [-0.05, 0) is 25.0 Å². The number of nitrogens with zero attached hydrogens (tertiary/aromatic N) is 5. The van der Waals surface area contributed by atoms with Crippen molar-refractivity contribution in [2.45, 2.75) is 20.3 Å². The molecule has 0 bridgehead atoms. The zero-order chi connectivity index (χ0) is 18.5. The summed E-state index contributed by atoms with van der Waals surface area (Å²) in [4.78, 5) is 25.4. The lowest BCUT2D eigenvalue weighted by Crippen LogP contribution is -2.50. The molecule has 1 unspecified atom stereocenters. The van der Waals surface area contributed by atoms with E-state index in [-0.39, 0.29) is 11.8 Å². The van der Waals surface area contributed by atoms with Crippen LogP contribution in [0.3, 0.4) is 0 Å². The average Bonchev–Trinajstić information content (AvgIpc) is 2.67. The van der Waals surface area contributed by atoms with E-state index >= 15 is 0 Å². The lowest BCUT2D eigenvalue weighted by Gasteiger charge is -2.36. The van der Waals surface area contributed by atoms with Crippen molar-refractivity contribution < 1.29 is 4.79 Å². The molecule has 1 amide bonds. The van der Waals surface area contributed by atoms with Gasteiger partial charge < -0.3 is 9.80 Å². The van der Waals surface area contributed by atoms with E-state index in [1.54, 1.807) is 6.07 Å². The molecule has 6 heteroatoms. The molecule has 134 valence electrons. The number of piperazine rings is 1. The monoisotopic (exact) mass is 349 g/mol. The van der Waals surface area contributed by atoms with Crippen molar-refractivity contribution >= 4 is 11.9 Å². The number of anilines is 1. The molecular weight excluding hydrogens is 326 g/mol. The summed E-state index contributed by atoms with van der Waals surface area (Å²) in [6.45, 7) is 6.51. The zero-order valence-corrected chi connectivity index (χ0v) is 15.2. The van der Waals surface area contributed by atoms with E-state index in [1.165, 1.54) is 5.56 Å². The molecule has 0 aliphatic carbocycles. The average molecular weight is 349 g/mol. The van der Waals surface area contributed by atoms with E-state index in [1.807, 2.05) is 41.8 Å². The fourth-order valence-electron chi connectivity index (χ4n) is 3.25. The first-order chi connectivity index (χ1) is 12.6. The normalized spacial score (nSPS) is 15.4. The van der Waals surface area contributed by atoms with Gasteiger partial charge in [0.15, 0.2) is 0 Å². The highest BCUT2D eigenvalue weighted by Gasteiger charge is 2.26. The van der Waals surface area contributed by atoms with Gasteiger partial charge in [-0.2, -0.15) is 5.26 Å². The SMILES string of the molecule is Cc1cc(C#N)nc(N2CCN(C(=O)C(C)Cc3ccccc3)CC2)n1. The number of aryl methyl sites for hydroxylation is 1. The van der Waals surface area contributed by atoms with Crippen LogP contribution in [0.15, 0.2) is 36.4 Å². The Morgan fingerprint density at radius 2 is 1.88 bits per heavy atom. The number of rotatable bonds is 4. The van der Waals surface area contributed by atoms with Gasteiger partial charge in [0.2, 0.25) is 11.9 Å². The maximum absolute atomic E-state index is 12.7. The smallest absolute Gasteiger partial charge is 0.226 e. The predicted octanol–water partition coefficient (Wildman–Crippen LogP) is 2.18. The Balaban J connectivity index is 1.59. The van der Waals surface area contributed by atoms with Gasteiger partial charge in [0.05, 0.1) is 0 Å². The summed E-state index contributed by atoms with van der Waals surface area (Å²) in [5.41, 5.74) is 2.34. The number of carbonyl (C=O) groups excluding carboxylic acids is 1. The van der Waals surface area contributed by atoms with E-state index in [0.29, 0.717) is 37.8 Å². The lowest BCUT2D eigenvalue weighted by atomic mass is 9.99. The molecule has 1 aromatic heterocycles. The second-order valence-corrected chi connectivity index (χ2v) is 6.71. The van der Waals surface area contributed by atoms with Crippen LogP contribution < -0.4 is 4.90 Å². The van der Waals surface area contributed by atoms with E-state index in [2.05, 4.69) is 28.2 Å². The lowest BCUT2D eigenvalue weighted by molar-refractivity contribution is -0.135. The molecular formula is C20H23N5O. The van der Waals surface area contributed by atoms with E-state index < -0.39 is 0 Å². The number of carbonyl (C=O) groups is 1. The summed E-state index contributed by atoms with van der Waals surface area (Å²) in [6.07, 6.45) is 0.756. The molecule has 3 rings (SSSR count). The van der Waals surface area contributed by atoms with Crippen LogP contribution >= 0.6 is 0 Å². The fraction of sp³-hybridized carbons (Fsp3) is 0.400. The highest BCUT2D eigenvalue weighted by atomic mass is 16.2. The summed E-state index contributed by atoms with van der Waals surface area (Å²) in [7, 11) is 0. The first-order valence-corrected chi connectivity index (χ1v) is 8.90. The molecule has 2 aromatic rings. The maximum atomic E-state index is 12.7. The van der Waals surface area contributed by atoms with Crippen LogP contribution in [-0.4, -0.2) is 47.0 Å². The molecule has 0 saturated carbocycles. The summed E-state index contributed by atoms with van der Waals surface area (Å²) in [5.74, 6) is 0.728. The zero-order valence-electron chi connectivity index (χ0n) is 15.2. The second-order valence-electron chi connectivity index (χ2n) is 6.71. The molecule has 1 aliphatic heterocycles. The van der Waals surface area contributed by atoms with Crippen LogP contribution in [0.1, 0.15) is 23.9 Å². The quantitative estimate of drug-likeness (QED) is 0.846. The van der Waals surface area contributed by atoms with Gasteiger partial charge in [-0.15, -0.1) is 0 Å². The highest BCUT2D eigenvalue weighted by Crippen LogP contribution is 2.16. The second kappa shape index (κ2) is 7.96. The Bertz CT molecular complexity index is 807. The number of aromatic nitrogens is 2. The van der Waals surface area contributed by atoms with Crippen molar-refractivity contribution in [2.24, 2.45) is 5.92 Å². The molecule has 1 fully saturated rings. The molecule has 1 aliphatic rings. The van der Waals surface area contributed by atoms with Gasteiger partial charge in [-0.25, -0.2) is 9.97 Å². The molecule has 0 spiro atoms. The third-order valence-corrected chi connectivity index (χ3v) is 4.64. The Morgan fingerprint density at radius 1 is 1.19 bits per heavy atom. The van der Waals surface area contributed by atoms with Gasteiger partial charge in [-0.3, -0.25) is 4.79 Å². The third-order valence-electron chi connectivity index (χ3n) is 4.64. The van der Waals surface area contributed by atoms with Gasteiger partial charge in [0, 0.05) is 37.8 Å². The molecule has 26 heavy (non-hydrogen) atoms. The van der Waals surface area contributed by atoms with Crippen LogP contribution in [0.5, 0.6) is 0 Å².